The molecule has 0 spiro atoms. The van der Waals surface area contributed by atoms with Gasteiger partial charge in [-0.2, -0.15) is 0 Å². The van der Waals surface area contributed by atoms with Gasteiger partial charge in [0.2, 0.25) is 0 Å². The standard InChI is InChI=1S/C22H30N4O2S.HI/c1-3-28-21(27)18-10-7-13-26(15-18)22(23-2)24-14-19-16-29-20(25-19)12-11-17-8-5-4-6-9-17;/h4-6,8-9,16,18H,3,7,10-15H2,1-2H3,(H,23,24);1H/t18-;/m0./s1. The number of hydrogen-bond acceptors (Lipinski definition) is 5. The average Bonchev–Trinajstić information content (AvgIpc) is 3.22. The summed E-state index contributed by atoms with van der Waals surface area (Å²) in [5.74, 6) is 0.638. The molecular formula is C22H31IN4O2S. The van der Waals surface area contributed by atoms with Crippen LogP contribution in [-0.4, -0.2) is 48.6 Å². The highest BCUT2D eigenvalue weighted by Crippen LogP contribution is 2.18. The van der Waals surface area contributed by atoms with Crippen molar-refractivity contribution in [1.82, 2.24) is 15.2 Å². The lowest BCUT2D eigenvalue weighted by Crippen LogP contribution is -2.48. The molecule has 1 N–H and O–H groups in total. The van der Waals surface area contributed by atoms with Gasteiger partial charge >= 0.3 is 5.97 Å². The molecule has 1 aromatic carbocycles. The zero-order chi connectivity index (χ0) is 20.5. The van der Waals surface area contributed by atoms with E-state index in [-0.39, 0.29) is 35.9 Å². The highest BCUT2D eigenvalue weighted by atomic mass is 127. The number of rotatable bonds is 7. The molecule has 0 unspecified atom stereocenters. The maximum Gasteiger partial charge on any atom is 0.310 e. The molecule has 1 aliphatic heterocycles. The van der Waals surface area contributed by atoms with E-state index >= 15 is 0 Å². The lowest BCUT2D eigenvalue weighted by Gasteiger charge is -2.33. The third-order valence-electron chi connectivity index (χ3n) is 5.05. The zero-order valence-corrected chi connectivity index (χ0v) is 20.8. The maximum atomic E-state index is 12.1. The third-order valence-corrected chi connectivity index (χ3v) is 6.01. The third kappa shape index (κ3) is 7.23. The number of guanidine groups is 1. The van der Waals surface area contributed by atoms with E-state index < -0.39 is 0 Å². The number of nitrogens with one attached hydrogen (secondary N) is 1. The number of hydrogen-bond donors (Lipinski definition) is 1. The first-order valence-corrected chi connectivity index (χ1v) is 11.2. The Morgan fingerprint density at radius 1 is 1.33 bits per heavy atom. The minimum Gasteiger partial charge on any atom is -0.466 e. The van der Waals surface area contributed by atoms with E-state index in [0.717, 1.165) is 48.9 Å². The number of piperidine rings is 1. The van der Waals surface area contributed by atoms with Crippen molar-refractivity contribution in [2.75, 3.05) is 26.7 Å². The summed E-state index contributed by atoms with van der Waals surface area (Å²) in [6.07, 6.45) is 3.80. The fourth-order valence-electron chi connectivity index (χ4n) is 3.56. The number of aromatic nitrogens is 1. The van der Waals surface area contributed by atoms with E-state index in [4.69, 9.17) is 9.72 Å². The molecule has 3 rings (SSSR count). The Morgan fingerprint density at radius 3 is 2.87 bits per heavy atom. The van der Waals surface area contributed by atoms with Gasteiger partial charge in [0.25, 0.3) is 0 Å². The second kappa shape index (κ2) is 12.9. The number of aryl methyl sites for hydroxylation is 2. The predicted molar refractivity (Wildman–Crippen MR) is 133 cm³/mol. The first-order valence-electron chi connectivity index (χ1n) is 10.3. The van der Waals surface area contributed by atoms with Crippen LogP contribution in [0.5, 0.6) is 0 Å². The minimum absolute atomic E-state index is 0. The zero-order valence-electron chi connectivity index (χ0n) is 17.7. The number of halogens is 1. The van der Waals surface area contributed by atoms with Gasteiger partial charge in [0.1, 0.15) is 0 Å². The molecule has 30 heavy (non-hydrogen) atoms. The molecule has 1 aliphatic rings. The summed E-state index contributed by atoms with van der Waals surface area (Å²) in [5, 5.41) is 6.67. The molecule has 8 heteroatoms. The highest BCUT2D eigenvalue weighted by Gasteiger charge is 2.28. The molecule has 164 valence electrons. The Labute approximate surface area is 200 Å². The average molecular weight is 542 g/mol. The van der Waals surface area contributed by atoms with Crippen molar-refractivity contribution in [2.45, 2.75) is 39.2 Å². The first kappa shape index (κ1) is 24.6. The van der Waals surface area contributed by atoms with Gasteiger partial charge in [-0.1, -0.05) is 30.3 Å². The van der Waals surface area contributed by atoms with Crippen molar-refractivity contribution in [3.05, 3.63) is 52.0 Å². The molecule has 6 nitrogen and oxygen atoms in total. The molecule has 2 aromatic rings. The summed E-state index contributed by atoms with van der Waals surface area (Å²) in [4.78, 5) is 23.4. The second-order valence-corrected chi connectivity index (χ2v) is 8.10. The highest BCUT2D eigenvalue weighted by molar-refractivity contribution is 14.0. The fourth-order valence-corrected chi connectivity index (χ4v) is 4.36. The number of esters is 1. The van der Waals surface area contributed by atoms with Gasteiger partial charge < -0.3 is 15.0 Å². The number of benzene rings is 1. The van der Waals surface area contributed by atoms with Crippen molar-refractivity contribution in [1.29, 1.82) is 0 Å². The molecule has 1 aromatic heterocycles. The minimum atomic E-state index is -0.102. The van der Waals surface area contributed by atoms with Crippen LogP contribution in [0.25, 0.3) is 0 Å². The van der Waals surface area contributed by atoms with E-state index in [9.17, 15) is 4.79 Å². The van der Waals surface area contributed by atoms with Gasteiger partial charge in [0.15, 0.2) is 5.96 Å². The van der Waals surface area contributed by atoms with Crippen molar-refractivity contribution < 1.29 is 9.53 Å². The summed E-state index contributed by atoms with van der Waals surface area (Å²) in [6, 6.07) is 10.5. The summed E-state index contributed by atoms with van der Waals surface area (Å²) in [7, 11) is 1.78. The van der Waals surface area contributed by atoms with Crippen molar-refractivity contribution in [2.24, 2.45) is 10.9 Å². The van der Waals surface area contributed by atoms with Crippen LogP contribution in [0.2, 0.25) is 0 Å². The Morgan fingerprint density at radius 2 is 2.13 bits per heavy atom. The summed E-state index contributed by atoms with van der Waals surface area (Å²) in [5.41, 5.74) is 2.36. The van der Waals surface area contributed by atoms with Crippen LogP contribution in [0.1, 0.15) is 36.0 Å². The lowest BCUT2D eigenvalue weighted by atomic mass is 9.98. The maximum absolute atomic E-state index is 12.1. The van der Waals surface area contributed by atoms with Gasteiger partial charge in [0.05, 0.1) is 29.8 Å². The van der Waals surface area contributed by atoms with E-state index in [1.54, 1.807) is 18.4 Å². The Hall–Kier alpha value is -1.68. The smallest absolute Gasteiger partial charge is 0.310 e. The van der Waals surface area contributed by atoms with Crippen LogP contribution in [0.3, 0.4) is 0 Å². The summed E-state index contributed by atoms with van der Waals surface area (Å²) >= 11 is 1.71. The quantitative estimate of drug-likeness (QED) is 0.249. The van der Waals surface area contributed by atoms with E-state index in [1.165, 1.54) is 5.56 Å². The fraction of sp³-hybridized carbons (Fsp3) is 0.500. The Balaban J connectivity index is 0.00000320. The molecule has 0 bridgehead atoms. The molecule has 1 fully saturated rings. The van der Waals surface area contributed by atoms with Crippen LogP contribution in [0.4, 0.5) is 0 Å². The van der Waals surface area contributed by atoms with E-state index in [2.05, 4.69) is 44.9 Å². The SMILES string of the molecule is CCOC(=O)[C@H]1CCCN(C(=NC)NCc2csc(CCc3ccccc3)n2)C1.I. The Bertz CT molecular complexity index is 812. The second-order valence-electron chi connectivity index (χ2n) is 7.16. The van der Waals surface area contributed by atoms with Crippen LogP contribution < -0.4 is 5.32 Å². The van der Waals surface area contributed by atoms with Gasteiger partial charge in [-0.15, -0.1) is 35.3 Å². The number of nitrogens with zero attached hydrogens (tertiary/aromatic N) is 3. The molecule has 1 atom stereocenters. The van der Waals surface area contributed by atoms with Crippen molar-refractivity contribution in [3.8, 4) is 0 Å². The van der Waals surface area contributed by atoms with Crippen LogP contribution in [-0.2, 0) is 28.9 Å². The molecular weight excluding hydrogens is 511 g/mol. The monoisotopic (exact) mass is 542 g/mol. The predicted octanol–water partition coefficient (Wildman–Crippen LogP) is 3.90. The number of likely N-dealkylation sites (tertiary alicyclic amines) is 1. The van der Waals surface area contributed by atoms with Gasteiger partial charge in [0, 0.05) is 31.9 Å². The van der Waals surface area contributed by atoms with Crippen LogP contribution in [0, 0.1) is 5.92 Å². The number of aliphatic imine (C=N–C) groups is 1. The van der Waals surface area contributed by atoms with E-state index in [0.29, 0.717) is 19.7 Å². The molecule has 2 heterocycles. The molecule has 0 saturated carbocycles. The molecule has 0 amide bonds. The van der Waals surface area contributed by atoms with Gasteiger partial charge in [-0.3, -0.25) is 9.79 Å². The van der Waals surface area contributed by atoms with Crippen molar-refractivity contribution >= 4 is 47.2 Å². The lowest BCUT2D eigenvalue weighted by molar-refractivity contribution is -0.149. The number of ether oxygens (including phenoxy) is 1. The van der Waals surface area contributed by atoms with E-state index in [1.807, 2.05) is 13.0 Å². The summed E-state index contributed by atoms with van der Waals surface area (Å²) in [6.45, 7) is 4.46. The number of thiazole rings is 1. The first-order chi connectivity index (χ1) is 14.2. The van der Waals surface area contributed by atoms with Gasteiger partial charge in [-0.05, 0) is 31.7 Å². The van der Waals surface area contributed by atoms with Crippen LogP contribution in [0.15, 0.2) is 40.7 Å². The molecule has 0 aliphatic carbocycles. The Kier molecular flexibility index (Phi) is 10.6. The largest absolute Gasteiger partial charge is 0.466 e. The molecule has 1 saturated heterocycles. The van der Waals surface area contributed by atoms with Crippen LogP contribution >= 0.6 is 35.3 Å². The normalized spacial score (nSPS) is 16.7. The summed E-state index contributed by atoms with van der Waals surface area (Å²) < 4.78 is 5.20. The number of carbonyl (C=O) groups is 1. The topological polar surface area (TPSA) is 66.8 Å². The van der Waals surface area contributed by atoms with Crippen molar-refractivity contribution in [3.63, 3.8) is 0 Å². The number of carbonyl (C=O) groups excluding carboxylic acids is 1. The van der Waals surface area contributed by atoms with Gasteiger partial charge in [-0.25, -0.2) is 4.98 Å². The molecule has 0 radical (unpaired) electrons.